The van der Waals surface area contributed by atoms with Crippen LogP contribution in [0.4, 0.5) is 0 Å². The minimum absolute atomic E-state index is 0.358. The molecule has 0 aliphatic carbocycles. The van der Waals surface area contributed by atoms with Gasteiger partial charge in [-0.15, -0.1) is 0 Å². The van der Waals surface area contributed by atoms with Crippen molar-refractivity contribution >= 4 is 12.6 Å². The standard InChI is InChI=1S/C10H15BO4/c1-14-6-7-15-8-9-4-2-3-5-10(9)11(12)13/h2-5,12-13H,6-8H2,1H3. The number of hydrogen-bond acceptors (Lipinski definition) is 4. The normalized spacial score (nSPS) is 10.3. The molecule has 0 saturated heterocycles. The first-order valence-electron chi connectivity index (χ1n) is 4.76. The van der Waals surface area contributed by atoms with Crippen LogP contribution in [-0.2, 0) is 16.1 Å². The number of rotatable bonds is 6. The van der Waals surface area contributed by atoms with Gasteiger partial charge in [-0.3, -0.25) is 0 Å². The Morgan fingerprint density at radius 3 is 2.60 bits per heavy atom. The first-order valence-corrected chi connectivity index (χ1v) is 4.76. The highest BCUT2D eigenvalue weighted by Crippen LogP contribution is 1.99. The summed E-state index contributed by atoms with van der Waals surface area (Å²) in [6.07, 6.45) is 0. The Morgan fingerprint density at radius 1 is 1.20 bits per heavy atom. The van der Waals surface area contributed by atoms with Crippen LogP contribution >= 0.6 is 0 Å². The molecule has 0 aromatic heterocycles. The summed E-state index contributed by atoms with van der Waals surface area (Å²) >= 11 is 0. The Balaban J connectivity index is 2.52. The summed E-state index contributed by atoms with van der Waals surface area (Å²) in [6, 6.07) is 7.07. The van der Waals surface area contributed by atoms with Gasteiger partial charge in [0, 0.05) is 7.11 Å². The Hall–Kier alpha value is -0.875. The average Bonchev–Trinajstić information content (AvgIpc) is 2.25. The molecule has 1 aromatic carbocycles. The van der Waals surface area contributed by atoms with E-state index < -0.39 is 7.12 Å². The van der Waals surface area contributed by atoms with Crippen molar-refractivity contribution < 1.29 is 19.5 Å². The average molecular weight is 210 g/mol. The van der Waals surface area contributed by atoms with E-state index >= 15 is 0 Å². The minimum Gasteiger partial charge on any atom is -0.423 e. The quantitative estimate of drug-likeness (QED) is 0.492. The number of methoxy groups -OCH3 is 1. The predicted octanol–water partition coefficient (Wildman–Crippen LogP) is -0.471. The molecule has 5 heteroatoms. The Kier molecular flexibility index (Phi) is 5.35. The van der Waals surface area contributed by atoms with Crippen molar-refractivity contribution in [2.45, 2.75) is 6.61 Å². The molecule has 0 fully saturated rings. The third kappa shape index (κ3) is 4.01. The maximum atomic E-state index is 9.08. The second-order valence-electron chi connectivity index (χ2n) is 3.12. The zero-order valence-corrected chi connectivity index (χ0v) is 8.72. The van der Waals surface area contributed by atoms with Crippen LogP contribution in [0.1, 0.15) is 5.56 Å². The van der Waals surface area contributed by atoms with E-state index in [2.05, 4.69) is 0 Å². The van der Waals surface area contributed by atoms with Crippen LogP contribution in [0.25, 0.3) is 0 Å². The molecule has 0 amide bonds. The summed E-state index contributed by atoms with van der Waals surface area (Å²) < 4.78 is 10.1. The lowest BCUT2D eigenvalue weighted by atomic mass is 9.77. The largest absolute Gasteiger partial charge is 0.488 e. The van der Waals surface area contributed by atoms with E-state index in [1.807, 2.05) is 12.1 Å². The van der Waals surface area contributed by atoms with Gasteiger partial charge in [0.1, 0.15) is 0 Å². The van der Waals surface area contributed by atoms with Gasteiger partial charge in [-0.05, 0) is 11.0 Å². The van der Waals surface area contributed by atoms with Crippen LogP contribution in [-0.4, -0.2) is 37.5 Å². The van der Waals surface area contributed by atoms with Crippen LogP contribution < -0.4 is 5.46 Å². The molecule has 0 aliphatic heterocycles. The van der Waals surface area contributed by atoms with E-state index in [4.69, 9.17) is 19.5 Å². The summed E-state index contributed by atoms with van der Waals surface area (Å²) in [7, 11) is 0.154. The maximum absolute atomic E-state index is 9.08. The second kappa shape index (κ2) is 6.58. The number of ether oxygens (including phenoxy) is 2. The molecule has 0 spiro atoms. The van der Waals surface area contributed by atoms with Gasteiger partial charge < -0.3 is 19.5 Å². The van der Waals surface area contributed by atoms with Crippen LogP contribution in [0.2, 0.25) is 0 Å². The van der Waals surface area contributed by atoms with E-state index in [-0.39, 0.29) is 0 Å². The molecule has 0 aliphatic rings. The van der Waals surface area contributed by atoms with Crippen molar-refractivity contribution in [2.75, 3.05) is 20.3 Å². The SMILES string of the molecule is COCCOCc1ccccc1B(O)O. The summed E-state index contributed by atoms with van der Waals surface area (Å²) in [6.45, 7) is 1.38. The van der Waals surface area contributed by atoms with E-state index in [0.717, 1.165) is 5.56 Å². The fraction of sp³-hybridized carbons (Fsp3) is 0.400. The third-order valence-corrected chi connectivity index (χ3v) is 2.02. The molecule has 0 bridgehead atoms. The van der Waals surface area contributed by atoms with E-state index in [9.17, 15) is 0 Å². The molecule has 1 rings (SSSR count). The molecule has 0 radical (unpaired) electrons. The third-order valence-electron chi connectivity index (χ3n) is 2.02. The van der Waals surface area contributed by atoms with Crippen molar-refractivity contribution in [3.8, 4) is 0 Å². The fourth-order valence-corrected chi connectivity index (χ4v) is 1.24. The Bertz CT molecular complexity index is 291. The highest BCUT2D eigenvalue weighted by atomic mass is 16.5. The number of benzene rings is 1. The van der Waals surface area contributed by atoms with Gasteiger partial charge in [0.05, 0.1) is 19.8 Å². The lowest BCUT2D eigenvalue weighted by Gasteiger charge is -2.08. The van der Waals surface area contributed by atoms with Gasteiger partial charge in [0.25, 0.3) is 0 Å². The van der Waals surface area contributed by atoms with Crippen LogP contribution in [0, 0.1) is 0 Å². The van der Waals surface area contributed by atoms with Gasteiger partial charge in [-0.1, -0.05) is 24.3 Å². The van der Waals surface area contributed by atoms with Crippen LogP contribution in [0.15, 0.2) is 24.3 Å². The number of hydrogen-bond donors (Lipinski definition) is 2. The van der Waals surface area contributed by atoms with E-state index in [1.165, 1.54) is 0 Å². The van der Waals surface area contributed by atoms with Gasteiger partial charge in [-0.25, -0.2) is 0 Å². The monoisotopic (exact) mass is 210 g/mol. The first-order chi connectivity index (χ1) is 7.25. The molecule has 2 N–H and O–H groups in total. The summed E-state index contributed by atoms with van der Waals surface area (Å²) in [5.74, 6) is 0. The van der Waals surface area contributed by atoms with E-state index in [0.29, 0.717) is 25.3 Å². The van der Waals surface area contributed by atoms with Crippen LogP contribution in [0.3, 0.4) is 0 Å². The zero-order chi connectivity index (χ0) is 11.1. The van der Waals surface area contributed by atoms with Gasteiger partial charge in [0.15, 0.2) is 0 Å². The van der Waals surface area contributed by atoms with Crippen molar-refractivity contribution in [2.24, 2.45) is 0 Å². The molecular formula is C10H15BO4. The molecule has 0 saturated carbocycles. The molecule has 0 unspecified atom stereocenters. The smallest absolute Gasteiger partial charge is 0.423 e. The van der Waals surface area contributed by atoms with E-state index in [1.54, 1.807) is 19.2 Å². The zero-order valence-electron chi connectivity index (χ0n) is 8.72. The van der Waals surface area contributed by atoms with Gasteiger partial charge in [-0.2, -0.15) is 0 Å². The summed E-state index contributed by atoms with van der Waals surface area (Å²) in [5, 5.41) is 18.2. The molecular weight excluding hydrogens is 195 g/mol. The van der Waals surface area contributed by atoms with Gasteiger partial charge in [0.2, 0.25) is 0 Å². The molecule has 15 heavy (non-hydrogen) atoms. The van der Waals surface area contributed by atoms with Crippen molar-refractivity contribution in [3.05, 3.63) is 29.8 Å². The molecule has 1 aromatic rings. The lowest BCUT2D eigenvalue weighted by molar-refractivity contribution is 0.0619. The Labute approximate surface area is 89.6 Å². The predicted molar refractivity (Wildman–Crippen MR) is 57.8 cm³/mol. The molecule has 0 atom stereocenters. The fourth-order valence-electron chi connectivity index (χ4n) is 1.24. The first kappa shape index (κ1) is 12.2. The van der Waals surface area contributed by atoms with Crippen molar-refractivity contribution in [1.82, 2.24) is 0 Å². The highest BCUT2D eigenvalue weighted by Gasteiger charge is 2.14. The lowest BCUT2D eigenvalue weighted by Crippen LogP contribution is -2.33. The minimum atomic E-state index is -1.45. The topological polar surface area (TPSA) is 58.9 Å². The Morgan fingerprint density at radius 2 is 1.93 bits per heavy atom. The van der Waals surface area contributed by atoms with Crippen LogP contribution in [0.5, 0.6) is 0 Å². The summed E-state index contributed by atoms with van der Waals surface area (Å²) in [4.78, 5) is 0. The van der Waals surface area contributed by atoms with Crippen molar-refractivity contribution in [3.63, 3.8) is 0 Å². The van der Waals surface area contributed by atoms with Gasteiger partial charge >= 0.3 is 7.12 Å². The maximum Gasteiger partial charge on any atom is 0.488 e. The molecule has 0 heterocycles. The highest BCUT2D eigenvalue weighted by molar-refractivity contribution is 6.59. The molecule has 82 valence electrons. The van der Waals surface area contributed by atoms with Crippen molar-refractivity contribution in [1.29, 1.82) is 0 Å². The summed E-state index contributed by atoms with van der Waals surface area (Å²) in [5.41, 5.74) is 1.26. The molecule has 4 nitrogen and oxygen atoms in total. The second-order valence-corrected chi connectivity index (χ2v) is 3.12.